The summed E-state index contributed by atoms with van der Waals surface area (Å²) in [6.45, 7) is 1.49. The summed E-state index contributed by atoms with van der Waals surface area (Å²) >= 11 is 5.59. The van der Waals surface area contributed by atoms with Crippen molar-refractivity contribution >= 4 is 29.0 Å². The predicted octanol–water partition coefficient (Wildman–Crippen LogP) is 2.74. The van der Waals surface area contributed by atoms with E-state index in [1.807, 2.05) is 0 Å². The number of oxazole rings is 1. The monoisotopic (exact) mass is 321 g/mol. The minimum atomic E-state index is -1.60. The molecule has 1 aromatic carbocycles. The van der Waals surface area contributed by atoms with Crippen LogP contribution in [0.25, 0.3) is 0 Å². The molecule has 0 spiro atoms. The highest BCUT2D eigenvalue weighted by molar-refractivity contribution is 6.31. The number of carbonyl (C=O) groups excluding carboxylic acids is 2. The second-order valence-electron chi connectivity index (χ2n) is 4.30. The molecule has 0 radical (unpaired) electrons. The van der Waals surface area contributed by atoms with Gasteiger partial charge in [-0.25, -0.2) is 9.37 Å². The van der Waals surface area contributed by atoms with Gasteiger partial charge < -0.3 is 9.73 Å². The third kappa shape index (κ3) is 3.13. The summed E-state index contributed by atoms with van der Waals surface area (Å²) in [5.74, 6) is -3.68. The highest BCUT2D eigenvalue weighted by Crippen LogP contribution is 2.20. The van der Waals surface area contributed by atoms with E-state index in [-0.39, 0.29) is 22.2 Å². The Bertz CT molecular complexity index is 782. The van der Waals surface area contributed by atoms with Gasteiger partial charge in [0.2, 0.25) is 11.7 Å². The molecule has 2 rings (SSSR count). The fourth-order valence-electron chi connectivity index (χ4n) is 1.70. The van der Waals surface area contributed by atoms with E-state index >= 15 is 0 Å². The van der Waals surface area contributed by atoms with E-state index in [0.717, 1.165) is 12.5 Å². The molecule has 1 N–H and O–H groups in total. The number of amides is 1. The molecule has 0 fully saturated rings. The first-order chi connectivity index (χ1) is 10.4. The molecule has 112 valence electrons. The van der Waals surface area contributed by atoms with Crippen molar-refractivity contribution in [1.29, 1.82) is 5.26 Å². The Hall–Kier alpha value is -2.72. The Morgan fingerprint density at radius 2 is 2.23 bits per heavy atom. The number of aryl methyl sites for hydroxylation is 1. The van der Waals surface area contributed by atoms with Crippen molar-refractivity contribution in [1.82, 2.24) is 4.98 Å². The van der Waals surface area contributed by atoms with Crippen LogP contribution in [-0.4, -0.2) is 16.7 Å². The molecule has 0 aliphatic carbocycles. The maximum Gasteiger partial charge on any atom is 0.249 e. The van der Waals surface area contributed by atoms with Crippen molar-refractivity contribution in [3.8, 4) is 6.07 Å². The van der Waals surface area contributed by atoms with Crippen molar-refractivity contribution in [2.24, 2.45) is 5.92 Å². The zero-order valence-electron chi connectivity index (χ0n) is 11.3. The van der Waals surface area contributed by atoms with Gasteiger partial charge in [0.1, 0.15) is 17.3 Å². The molecule has 1 atom stereocenters. The van der Waals surface area contributed by atoms with Crippen molar-refractivity contribution in [2.75, 3.05) is 5.32 Å². The quantitative estimate of drug-likeness (QED) is 0.690. The number of carbonyl (C=O) groups is 2. The highest BCUT2D eigenvalue weighted by Gasteiger charge is 2.30. The summed E-state index contributed by atoms with van der Waals surface area (Å²) in [7, 11) is 0. The van der Waals surface area contributed by atoms with E-state index in [1.54, 1.807) is 6.07 Å². The van der Waals surface area contributed by atoms with Crippen molar-refractivity contribution in [3.63, 3.8) is 0 Å². The van der Waals surface area contributed by atoms with Gasteiger partial charge in [-0.1, -0.05) is 11.6 Å². The third-order valence-corrected chi connectivity index (χ3v) is 3.11. The topological polar surface area (TPSA) is 96.0 Å². The van der Waals surface area contributed by atoms with Crippen LogP contribution in [0.4, 0.5) is 10.1 Å². The van der Waals surface area contributed by atoms with Crippen LogP contribution in [0.3, 0.4) is 0 Å². The van der Waals surface area contributed by atoms with Crippen molar-refractivity contribution in [3.05, 3.63) is 46.9 Å². The number of halogens is 2. The fourth-order valence-corrected chi connectivity index (χ4v) is 1.88. The zero-order chi connectivity index (χ0) is 16.3. The van der Waals surface area contributed by atoms with E-state index < -0.39 is 23.4 Å². The minimum absolute atomic E-state index is 0.0844. The number of Topliss-reactive ketones (excluding diaryl/α,β-unsaturated/α-hetero) is 1. The number of rotatable bonds is 4. The number of anilines is 1. The summed E-state index contributed by atoms with van der Waals surface area (Å²) in [5, 5.41) is 11.2. The number of nitrogens with zero attached hydrogens (tertiary/aromatic N) is 2. The second-order valence-corrected chi connectivity index (χ2v) is 4.71. The summed E-state index contributed by atoms with van der Waals surface area (Å²) in [5.41, 5.74) is 0.0835. The first-order valence-corrected chi connectivity index (χ1v) is 6.41. The Morgan fingerprint density at radius 3 is 2.77 bits per heavy atom. The number of ketones is 1. The standard InChI is InChI=1S/C14H9ClFN3O3/c1-7-12(18-6-22-7)13(20)9(5-17)14(21)19-8-2-3-11(16)10(15)4-8/h2-4,6,9H,1H3,(H,19,21)/t9-/m1/s1. The van der Waals surface area contributed by atoms with Crippen LogP contribution >= 0.6 is 11.6 Å². The smallest absolute Gasteiger partial charge is 0.249 e. The van der Waals surface area contributed by atoms with E-state index in [4.69, 9.17) is 21.3 Å². The molecule has 0 aliphatic heterocycles. The van der Waals surface area contributed by atoms with Gasteiger partial charge in [-0.15, -0.1) is 0 Å². The Kier molecular flexibility index (Phi) is 4.53. The molecule has 2 aromatic rings. The van der Waals surface area contributed by atoms with Crippen LogP contribution in [0, 0.1) is 30.0 Å². The number of hydrogen-bond acceptors (Lipinski definition) is 5. The lowest BCUT2D eigenvalue weighted by Crippen LogP contribution is -2.29. The van der Waals surface area contributed by atoms with E-state index in [9.17, 15) is 14.0 Å². The average molecular weight is 322 g/mol. The lowest BCUT2D eigenvalue weighted by molar-refractivity contribution is -0.117. The van der Waals surface area contributed by atoms with Crippen LogP contribution < -0.4 is 5.32 Å². The molecule has 0 saturated carbocycles. The predicted molar refractivity (Wildman–Crippen MR) is 74.7 cm³/mol. The Balaban J connectivity index is 2.19. The van der Waals surface area contributed by atoms with E-state index in [1.165, 1.54) is 19.1 Å². The van der Waals surface area contributed by atoms with Crippen LogP contribution in [0.15, 0.2) is 29.0 Å². The third-order valence-electron chi connectivity index (χ3n) is 2.82. The molecule has 8 heteroatoms. The molecule has 1 amide bonds. The van der Waals surface area contributed by atoms with Gasteiger partial charge in [0.05, 0.1) is 11.1 Å². The summed E-state index contributed by atoms with van der Waals surface area (Å²) in [4.78, 5) is 27.8. The minimum Gasteiger partial charge on any atom is -0.448 e. The van der Waals surface area contributed by atoms with Crippen LogP contribution in [-0.2, 0) is 4.79 Å². The maximum atomic E-state index is 13.0. The molecule has 0 bridgehead atoms. The van der Waals surface area contributed by atoms with Gasteiger partial charge >= 0.3 is 0 Å². The van der Waals surface area contributed by atoms with Gasteiger partial charge in [-0.3, -0.25) is 9.59 Å². The molecular formula is C14H9ClFN3O3. The number of hydrogen-bond donors (Lipinski definition) is 1. The van der Waals surface area contributed by atoms with Gasteiger partial charge in [0.15, 0.2) is 12.3 Å². The van der Waals surface area contributed by atoms with Gasteiger partial charge in [-0.2, -0.15) is 5.26 Å². The van der Waals surface area contributed by atoms with Crippen molar-refractivity contribution < 1.29 is 18.4 Å². The molecule has 22 heavy (non-hydrogen) atoms. The molecule has 1 heterocycles. The average Bonchev–Trinajstić information content (AvgIpc) is 2.89. The molecule has 0 aliphatic rings. The van der Waals surface area contributed by atoms with Crippen LogP contribution in [0.2, 0.25) is 5.02 Å². The summed E-state index contributed by atoms with van der Waals surface area (Å²) < 4.78 is 17.9. The van der Waals surface area contributed by atoms with E-state index in [0.29, 0.717) is 0 Å². The molecule has 6 nitrogen and oxygen atoms in total. The Labute approximate surface area is 129 Å². The van der Waals surface area contributed by atoms with Gasteiger partial charge in [0, 0.05) is 5.69 Å². The largest absolute Gasteiger partial charge is 0.448 e. The summed E-state index contributed by atoms with van der Waals surface area (Å²) in [6, 6.07) is 5.11. The lowest BCUT2D eigenvalue weighted by Gasteiger charge is -2.09. The number of aromatic nitrogens is 1. The SMILES string of the molecule is Cc1ocnc1C(=O)[C@@H](C#N)C(=O)Nc1ccc(F)c(Cl)c1. The maximum absolute atomic E-state index is 13.0. The second kappa shape index (κ2) is 6.37. The number of nitriles is 1. The zero-order valence-corrected chi connectivity index (χ0v) is 12.0. The van der Waals surface area contributed by atoms with Crippen LogP contribution in [0.1, 0.15) is 16.2 Å². The van der Waals surface area contributed by atoms with Gasteiger partial charge in [-0.05, 0) is 25.1 Å². The van der Waals surface area contributed by atoms with Crippen molar-refractivity contribution in [2.45, 2.75) is 6.92 Å². The van der Waals surface area contributed by atoms with E-state index in [2.05, 4.69) is 10.3 Å². The van der Waals surface area contributed by atoms with Crippen LogP contribution in [0.5, 0.6) is 0 Å². The Morgan fingerprint density at radius 1 is 1.50 bits per heavy atom. The number of benzene rings is 1. The lowest BCUT2D eigenvalue weighted by atomic mass is 10.0. The highest BCUT2D eigenvalue weighted by atomic mass is 35.5. The summed E-state index contributed by atoms with van der Waals surface area (Å²) in [6.07, 6.45) is 1.05. The first kappa shape index (κ1) is 15.7. The first-order valence-electron chi connectivity index (χ1n) is 6.04. The molecular weight excluding hydrogens is 313 g/mol. The number of nitrogens with one attached hydrogen (secondary N) is 1. The molecule has 0 saturated heterocycles. The van der Waals surface area contributed by atoms with Gasteiger partial charge in [0.25, 0.3) is 0 Å². The molecule has 0 unspecified atom stereocenters. The normalized spacial score (nSPS) is 11.5. The fraction of sp³-hybridized carbons (Fsp3) is 0.143. The molecule has 1 aromatic heterocycles.